The Bertz CT molecular complexity index is 592. The van der Waals surface area contributed by atoms with Gasteiger partial charge < -0.3 is 10.1 Å². The van der Waals surface area contributed by atoms with Crippen molar-refractivity contribution in [2.75, 3.05) is 6.67 Å². The topological polar surface area (TPSA) is 53.1 Å². The van der Waals surface area contributed by atoms with Crippen LogP contribution in [-0.2, 0) is 6.42 Å². The number of halogens is 1. The molecule has 0 aliphatic heterocycles. The van der Waals surface area contributed by atoms with E-state index >= 15 is 0 Å². The summed E-state index contributed by atoms with van der Waals surface area (Å²) in [5.41, 5.74) is 1.29. The molecular formula is C14H16FNO2. The summed E-state index contributed by atoms with van der Waals surface area (Å²) in [7, 11) is 0. The average Bonchev–Trinajstić information content (AvgIpc) is 2.34. The molecule has 96 valence electrons. The molecule has 0 radical (unpaired) electrons. The second kappa shape index (κ2) is 5.67. The molecule has 2 aromatic rings. The largest absolute Gasteiger partial charge is 0.507 e. The monoisotopic (exact) mass is 249 g/mol. The van der Waals surface area contributed by atoms with Crippen LogP contribution < -0.4 is 5.56 Å². The van der Waals surface area contributed by atoms with Gasteiger partial charge in [-0.05, 0) is 37.0 Å². The number of nitrogens with one attached hydrogen (secondary N) is 1. The first-order chi connectivity index (χ1) is 8.72. The van der Waals surface area contributed by atoms with E-state index in [0.717, 1.165) is 18.4 Å². The van der Waals surface area contributed by atoms with E-state index in [1.54, 1.807) is 18.2 Å². The molecule has 0 spiro atoms. The summed E-state index contributed by atoms with van der Waals surface area (Å²) in [5.74, 6) is 0.171. The molecule has 1 heterocycles. The van der Waals surface area contributed by atoms with E-state index in [4.69, 9.17) is 0 Å². The highest BCUT2D eigenvalue weighted by Gasteiger charge is 2.07. The van der Waals surface area contributed by atoms with Gasteiger partial charge in [-0.1, -0.05) is 12.5 Å². The van der Waals surface area contributed by atoms with Gasteiger partial charge in [-0.3, -0.25) is 9.18 Å². The number of hydrogen-bond donors (Lipinski definition) is 2. The molecule has 4 heteroatoms. The first-order valence-electron chi connectivity index (χ1n) is 6.12. The number of aromatic nitrogens is 1. The number of aromatic amines is 1. The van der Waals surface area contributed by atoms with E-state index in [1.165, 1.54) is 6.07 Å². The highest BCUT2D eigenvalue weighted by Crippen LogP contribution is 2.26. The maximum absolute atomic E-state index is 12.0. The van der Waals surface area contributed by atoms with Crippen LogP contribution >= 0.6 is 0 Å². The van der Waals surface area contributed by atoms with Crippen LogP contribution in [-0.4, -0.2) is 16.8 Å². The Hall–Kier alpha value is -1.84. The molecule has 1 aromatic heterocycles. The molecule has 0 aliphatic carbocycles. The van der Waals surface area contributed by atoms with Crippen molar-refractivity contribution in [1.29, 1.82) is 0 Å². The van der Waals surface area contributed by atoms with Gasteiger partial charge in [-0.2, -0.15) is 0 Å². The van der Waals surface area contributed by atoms with Gasteiger partial charge in [0.15, 0.2) is 0 Å². The molecule has 18 heavy (non-hydrogen) atoms. The van der Waals surface area contributed by atoms with Crippen LogP contribution in [0.5, 0.6) is 5.75 Å². The highest BCUT2D eigenvalue weighted by molar-refractivity contribution is 5.87. The van der Waals surface area contributed by atoms with Crippen LogP contribution in [0.1, 0.15) is 24.8 Å². The maximum Gasteiger partial charge on any atom is 0.248 e. The van der Waals surface area contributed by atoms with E-state index < -0.39 is 0 Å². The molecule has 0 amide bonds. The fraction of sp³-hybridized carbons (Fsp3) is 0.357. The van der Waals surface area contributed by atoms with Gasteiger partial charge in [-0.25, -0.2) is 0 Å². The van der Waals surface area contributed by atoms with Gasteiger partial charge in [-0.15, -0.1) is 0 Å². The Kier molecular flexibility index (Phi) is 3.97. The molecule has 2 N–H and O–H groups in total. The second-order valence-corrected chi connectivity index (χ2v) is 4.36. The number of pyridine rings is 1. The van der Waals surface area contributed by atoms with Crippen molar-refractivity contribution in [3.63, 3.8) is 0 Å². The average molecular weight is 249 g/mol. The molecule has 0 saturated heterocycles. The third kappa shape index (κ3) is 2.70. The normalized spacial score (nSPS) is 10.9. The third-order valence-electron chi connectivity index (χ3n) is 3.01. The third-order valence-corrected chi connectivity index (χ3v) is 3.01. The number of aromatic hydroxyl groups is 1. The van der Waals surface area contributed by atoms with Crippen molar-refractivity contribution in [2.45, 2.75) is 25.7 Å². The van der Waals surface area contributed by atoms with E-state index in [1.807, 2.05) is 0 Å². The Balaban J connectivity index is 2.33. The summed E-state index contributed by atoms with van der Waals surface area (Å²) < 4.78 is 12.0. The maximum atomic E-state index is 12.0. The fourth-order valence-electron chi connectivity index (χ4n) is 2.16. The van der Waals surface area contributed by atoms with Crippen molar-refractivity contribution in [2.24, 2.45) is 0 Å². The van der Waals surface area contributed by atoms with Crippen LogP contribution in [0.25, 0.3) is 10.9 Å². The number of alkyl halides is 1. The quantitative estimate of drug-likeness (QED) is 0.800. The molecule has 0 aliphatic rings. The molecule has 2 rings (SSSR count). The first-order valence-corrected chi connectivity index (χ1v) is 6.12. The first kappa shape index (κ1) is 12.6. The number of hydrogen-bond acceptors (Lipinski definition) is 2. The summed E-state index contributed by atoms with van der Waals surface area (Å²) in [4.78, 5) is 14.2. The number of benzene rings is 1. The summed E-state index contributed by atoms with van der Waals surface area (Å²) in [6.07, 6.45) is 2.83. The summed E-state index contributed by atoms with van der Waals surface area (Å²) in [6.45, 7) is -0.304. The van der Waals surface area contributed by atoms with Gasteiger partial charge >= 0.3 is 0 Å². The van der Waals surface area contributed by atoms with Gasteiger partial charge in [0.1, 0.15) is 5.75 Å². The Morgan fingerprint density at radius 1 is 1.22 bits per heavy atom. The van der Waals surface area contributed by atoms with Crippen molar-refractivity contribution >= 4 is 10.9 Å². The van der Waals surface area contributed by atoms with E-state index in [2.05, 4.69) is 4.98 Å². The van der Waals surface area contributed by atoms with Crippen molar-refractivity contribution in [3.8, 4) is 5.75 Å². The number of aryl methyl sites for hydroxylation is 1. The van der Waals surface area contributed by atoms with Crippen molar-refractivity contribution in [1.82, 2.24) is 4.98 Å². The molecule has 0 unspecified atom stereocenters. The zero-order valence-electron chi connectivity index (χ0n) is 10.1. The molecule has 0 fully saturated rings. The molecular weight excluding hydrogens is 233 g/mol. The van der Waals surface area contributed by atoms with E-state index in [-0.39, 0.29) is 18.0 Å². The van der Waals surface area contributed by atoms with Gasteiger partial charge in [0.25, 0.3) is 0 Å². The fourth-order valence-corrected chi connectivity index (χ4v) is 2.16. The minimum atomic E-state index is -0.304. The van der Waals surface area contributed by atoms with Crippen LogP contribution in [0.2, 0.25) is 0 Å². The Labute approximate surface area is 104 Å². The van der Waals surface area contributed by atoms with E-state index in [9.17, 15) is 14.3 Å². The number of H-pyrrole nitrogens is 1. The van der Waals surface area contributed by atoms with Crippen LogP contribution in [0.3, 0.4) is 0 Å². The lowest BCUT2D eigenvalue weighted by Gasteiger charge is -2.07. The Morgan fingerprint density at radius 2 is 2.06 bits per heavy atom. The highest BCUT2D eigenvalue weighted by atomic mass is 19.1. The van der Waals surface area contributed by atoms with Crippen molar-refractivity contribution in [3.05, 3.63) is 40.2 Å². The second-order valence-electron chi connectivity index (χ2n) is 4.36. The molecule has 0 saturated carbocycles. The summed E-state index contributed by atoms with van der Waals surface area (Å²) in [5, 5.41) is 10.6. The standard InChI is InChI=1S/C14H16FNO2/c15-8-3-1-2-5-10-9-13(18)16-11-6-4-7-12(17)14(10)11/h4,6-7,9,17H,1-3,5,8H2,(H,16,18). The predicted octanol–water partition coefficient (Wildman–Crippen LogP) is 2.92. The summed E-state index contributed by atoms with van der Waals surface area (Å²) in [6, 6.07) is 6.57. The minimum absolute atomic E-state index is 0.171. The predicted molar refractivity (Wildman–Crippen MR) is 69.8 cm³/mol. The van der Waals surface area contributed by atoms with Gasteiger partial charge in [0, 0.05) is 11.5 Å². The number of phenolic OH excluding ortho intramolecular Hbond substituents is 1. The lowest BCUT2D eigenvalue weighted by Crippen LogP contribution is -2.06. The van der Waals surface area contributed by atoms with Crippen LogP contribution in [0.15, 0.2) is 29.1 Å². The molecule has 0 bridgehead atoms. The van der Waals surface area contributed by atoms with Crippen LogP contribution in [0, 0.1) is 0 Å². The molecule has 0 atom stereocenters. The zero-order chi connectivity index (χ0) is 13.0. The van der Waals surface area contributed by atoms with E-state index in [0.29, 0.717) is 23.7 Å². The van der Waals surface area contributed by atoms with Gasteiger partial charge in [0.2, 0.25) is 5.56 Å². The summed E-state index contributed by atoms with van der Waals surface area (Å²) >= 11 is 0. The smallest absolute Gasteiger partial charge is 0.248 e. The lowest BCUT2D eigenvalue weighted by atomic mass is 10.0. The number of fused-ring (bicyclic) bond motifs is 1. The van der Waals surface area contributed by atoms with Crippen LogP contribution in [0.4, 0.5) is 4.39 Å². The van der Waals surface area contributed by atoms with Crippen molar-refractivity contribution < 1.29 is 9.50 Å². The lowest BCUT2D eigenvalue weighted by molar-refractivity contribution is 0.456. The minimum Gasteiger partial charge on any atom is -0.507 e. The number of phenols is 1. The molecule has 3 nitrogen and oxygen atoms in total. The zero-order valence-corrected chi connectivity index (χ0v) is 10.1. The Morgan fingerprint density at radius 3 is 2.83 bits per heavy atom. The number of rotatable bonds is 5. The molecule has 1 aromatic carbocycles. The number of unbranched alkanes of at least 4 members (excludes halogenated alkanes) is 2. The SMILES string of the molecule is O=c1cc(CCCCCF)c2c(O)cccc2[nH]1. The van der Waals surface area contributed by atoms with Gasteiger partial charge in [0.05, 0.1) is 12.2 Å².